The zero-order valence-corrected chi connectivity index (χ0v) is 20.6. The maximum Gasteiger partial charge on any atom is 0.239 e. The van der Waals surface area contributed by atoms with Crippen molar-refractivity contribution in [2.24, 2.45) is 11.1 Å². The highest BCUT2D eigenvalue weighted by Gasteiger charge is 2.49. The van der Waals surface area contributed by atoms with Crippen LogP contribution in [0.2, 0.25) is 0 Å². The summed E-state index contributed by atoms with van der Waals surface area (Å²) < 4.78 is 11.9. The van der Waals surface area contributed by atoms with E-state index in [2.05, 4.69) is 6.92 Å². The fraction of sp³-hybridized carbons (Fsp3) is 0.536. The Morgan fingerprint density at radius 2 is 1.88 bits per heavy atom. The summed E-state index contributed by atoms with van der Waals surface area (Å²) in [6.45, 7) is 4.84. The number of nitrogens with zero attached hydrogens (tertiary/aromatic N) is 1. The number of amides is 1. The molecule has 0 spiro atoms. The molecule has 6 heteroatoms. The molecule has 4 rings (SSSR count). The second-order valence-corrected chi connectivity index (χ2v) is 10.2. The minimum atomic E-state index is -0.614. The molecular weight excluding hydrogens is 428 g/mol. The first-order chi connectivity index (χ1) is 16.3. The molecule has 0 bridgehead atoms. The molecule has 0 unspecified atom stereocenters. The van der Waals surface area contributed by atoms with Crippen molar-refractivity contribution in [1.29, 1.82) is 0 Å². The number of likely N-dealkylation sites (tertiary alicyclic amines) is 1. The van der Waals surface area contributed by atoms with Crippen LogP contribution in [-0.2, 0) is 11.2 Å². The molecule has 1 aliphatic carbocycles. The average Bonchev–Trinajstić information content (AvgIpc) is 3.47. The third-order valence-electron chi connectivity index (χ3n) is 7.80. The summed E-state index contributed by atoms with van der Waals surface area (Å²) in [5.74, 6) is 1.34. The highest BCUT2D eigenvalue weighted by Crippen LogP contribution is 2.47. The van der Waals surface area contributed by atoms with E-state index in [0.29, 0.717) is 25.3 Å². The maximum absolute atomic E-state index is 13.3. The van der Waals surface area contributed by atoms with Crippen LogP contribution in [0.4, 0.5) is 0 Å². The molecule has 1 aliphatic heterocycles. The Hall–Kier alpha value is -2.57. The predicted octanol–water partition coefficient (Wildman–Crippen LogP) is 3.90. The van der Waals surface area contributed by atoms with Crippen LogP contribution < -0.4 is 15.2 Å². The van der Waals surface area contributed by atoms with E-state index < -0.39 is 17.6 Å². The Balaban J connectivity index is 1.56. The minimum absolute atomic E-state index is 0.0443. The molecule has 0 aromatic heterocycles. The summed E-state index contributed by atoms with van der Waals surface area (Å²) in [6, 6.07) is 15.2. The van der Waals surface area contributed by atoms with E-state index in [1.807, 2.05) is 60.4 Å². The number of aliphatic hydroxyl groups excluding tert-OH is 1. The zero-order valence-electron chi connectivity index (χ0n) is 20.6. The molecule has 1 saturated heterocycles. The number of ether oxygens (including phenoxy) is 2. The van der Waals surface area contributed by atoms with Crippen LogP contribution in [0.15, 0.2) is 48.5 Å². The molecule has 1 saturated carbocycles. The van der Waals surface area contributed by atoms with Crippen molar-refractivity contribution in [3.8, 4) is 11.5 Å². The lowest BCUT2D eigenvalue weighted by Crippen LogP contribution is -2.45. The van der Waals surface area contributed by atoms with E-state index in [0.717, 1.165) is 29.7 Å². The van der Waals surface area contributed by atoms with Crippen LogP contribution in [0.25, 0.3) is 0 Å². The molecule has 34 heavy (non-hydrogen) atoms. The van der Waals surface area contributed by atoms with E-state index in [1.165, 1.54) is 12.8 Å². The quantitative estimate of drug-likeness (QED) is 0.616. The topological polar surface area (TPSA) is 85.0 Å². The van der Waals surface area contributed by atoms with Crippen molar-refractivity contribution >= 4 is 5.91 Å². The SMILES string of the molecule is COc1ccc([C@@H]2CN(C(=O)[C@H](N)Cc3ccccc3)C[C@@]2(C)[C@@H](C)O)cc1OC1CCCC1. The first kappa shape index (κ1) is 24.6. The summed E-state index contributed by atoms with van der Waals surface area (Å²) in [7, 11) is 1.65. The number of methoxy groups -OCH3 is 1. The van der Waals surface area contributed by atoms with Crippen LogP contribution in [-0.4, -0.2) is 54.4 Å². The Bertz CT molecular complexity index is 974. The van der Waals surface area contributed by atoms with Gasteiger partial charge in [-0.15, -0.1) is 0 Å². The van der Waals surface area contributed by atoms with Crippen molar-refractivity contribution < 1.29 is 19.4 Å². The molecule has 2 fully saturated rings. The first-order valence-electron chi connectivity index (χ1n) is 12.4. The Morgan fingerprint density at radius 1 is 1.18 bits per heavy atom. The van der Waals surface area contributed by atoms with Crippen molar-refractivity contribution in [3.63, 3.8) is 0 Å². The van der Waals surface area contributed by atoms with Gasteiger partial charge in [-0.1, -0.05) is 43.3 Å². The minimum Gasteiger partial charge on any atom is -0.493 e. The number of carbonyl (C=O) groups is 1. The number of hydrogen-bond acceptors (Lipinski definition) is 5. The van der Waals surface area contributed by atoms with Gasteiger partial charge in [0.15, 0.2) is 11.5 Å². The molecule has 1 amide bonds. The van der Waals surface area contributed by atoms with Crippen molar-refractivity contribution in [2.75, 3.05) is 20.2 Å². The molecule has 6 nitrogen and oxygen atoms in total. The van der Waals surface area contributed by atoms with E-state index in [4.69, 9.17) is 15.2 Å². The van der Waals surface area contributed by atoms with Crippen LogP contribution in [0.1, 0.15) is 56.6 Å². The summed E-state index contributed by atoms with van der Waals surface area (Å²) >= 11 is 0. The van der Waals surface area contributed by atoms with Gasteiger partial charge in [0.05, 0.1) is 25.4 Å². The molecule has 0 radical (unpaired) electrons. The number of aliphatic hydroxyl groups is 1. The fourth-order valence-corrected chi connectivity index (χ4v) is 5.47. The molecule has 2 aliphatic rings. The monoisotopic (exact) mass is 466 g/mol. The lowest BCUT2D eigenvalue weighted by Gasteiger charge is -2.34. The molecule has 4 atom stereocenters. The normalized spacial score (nSPS) is 24.7. The van der Waals surface area contributed by atoms with Gasteiger partial charge in [-0.05, 0) is 62.3 Å². The van der Waals surface area contributed by atoms with Gasteiger partial charge in [0.2, 0.25) is 5.91 Å². The second kappa shape index (κ2) is 10.4. The Kier molecular flexibility index (Phi) is 7.48. The van der Waals surface area contributed by atoms with Crippen molar-refractivity contribution in [2.45, 2.75) is 70.1 Å². The summed E-state index contributed by atoms with van der Waals surface area (Å²) in [4.78, 5) is 15.1. The van der Waals surface area contributed by atoms with Gasteiger partial charge in [0.1, 0.15) is 0 Å². The number of hydrogen-bond donors (Lipinski definition) is 2. The van der Waals surface area contributed by atoms with Crippen molar-refractivity contribution in [3.05, 3.63) is 59.7 Å². The van der Waals surface area contributed by atoms with E-state index in [1.54, 1.807) is 7.11 Å². The molecule has 3 N–H and O–H groups in total. The maximum atomic E-state index is 13.3. The Labute approximate surface area is 203 Å². The van der Waals surface area contributed by atoms with Gasteiger partial charge in [0.25, 0.3) is 0 Å². The van der Waals surface area contributed by atoms with E-state index >= 15 is 0 Å². The van der Waals surface area contributed by atoms with Gasteiger partial charge >= 0.3 is 0 Å². The molecule has 184 valence electrons. The lowest BCUT2D eigenvalue weighted by atomic mass is 9.72. The van der Waals surface area contributed by atoms with E-state index in [-0.39, 0.29) is 17.9 Å². The van der Waals surface area contributed by atoms with Crippen molar-refractivity contribution in [1.82, 2.24) is 4.90 Å². The highest BCUT2D eigenvalue weighted by molar-refractivity contribution is 5.82. The number of carbonyl (C=O) groups excluding carboxylic acids is 1. The third-order valence-corrected chi connectivity index (χ3v) is 7.80. The smallest absolute Gasteiger partial charge is 0.239 e. The molecular formula is C28H38N2O4. The third kappa shape index (κ3) is 5.08. The molecule has 2 aromatic carbocycles. The number of benzene rings is 2. The average molecular weight is 467 g/mol. The summed E-state index contributed by atoms with van der Waals surface area (Å²) in [5.41, 5.74) is 7.93. The second-order valence-electron chi connectivity index (χ2n) is 10.2. The van der Waals surface area contributed by atoms with Gasteiger partial charge < -0.3 is 25.2 Å². The number of nitrogens with two attached hydrogens (primary N) is 1. The highest BCUT2D eigenvalue weighted by atomic mass is 16.5. The van der Waals surface area contributed by atoms with Gasteiger partial charge in [-0.2, -0.15) is 0 Å². The summed E-state index contributed by atoms with van der Waals surface area (Å²) in [5, 5.41) is 10.8. The zero-order chi connectivity index (χ0) is 24.3. The van der Waals surface area contributed by atoms with Gasteiger partial charge in [0, 0.05) is 24.4 Å². The number of rotatable bonds is 8. The van der Waals surface area contributed by atoms with Crippen LogP contribution in [0.5, 0.6) is 11.5 Å². The van der Waals surface area contributed by atoms with Crippen LogP contribution in [0, 0.1) is 5.41 Å². The van der Waals surface area contributed by atoms with Crippen LogP contribution >= 0.6 is 0 Å². The first-order valence-corrected chi connectivity index (χ1v) is 12.4. The standard InChI is InChI=1S/C28H38N2O4/c1-19(31)28(2)18-30(27(32)24(29)15-20-9-5-4-6-10-20)17-23(28)21-13-14-25(33-3)26(16-21)34-22-11-7-8-12-22/h4-6,9-10,13-14,16,19,22-24,31H,7-8,11-12,15,17-18,29H2,1-3H3/t19-,23+,24-,28+/m1/s1. The lowest BCUT2D eigenvalue weighted by molar-refractivity contribution is -0.132. The fourth-order valence-electron chi connectivity index (χ4n) is 5.47. The molecule has 1 heterocycles. The summed E-state index contributed by atoms with van der Waals surface area (Å²) in [6.07, 6.45) is 4.61. The molecule has 2 aromatic rings. The van der Waals surface area contributed by atoms with Crippen LogP contribution in [0.3, 0.4) is 0 Å². The van der Waals surface area contributed by atoms with E-state index in [9.17, 15) is 9.90 Å². The van der Waals surface area contributed by atoms with Gasteiger partial charge in [-0.25, -0.2) is 0 Å². The predicted molar refractivity (Wildman–Crippen MR) is 133 cm³/mol. The van der Waals surface area contributed by atoms with Gasteiger partial charge in [-0.3, -0.25) is 4.79 Å². The Morgan fingerprint density at radius 3 is 2.53 bits per heavy atom. The largest absolute Gasteiger partial charge is 0.493 e.